The van der Waals surface area contributed by atoms with Crippen molar-refractivity contribution >= 4 is 12.0 Å². The molecule has 0 unspecified atom stereocenters. The molecule has 0 radical (unpaired) electrons. The van der Waals surface area contributed by atoms with E-state index >= 15 is 0 Å². The summed E-state index contributed by atoms with van der Waals surface area (Å²) in [4.78, 5) is 18.9. The van der Waals surface area contributed by atoms with Gasteiger partial charge in [0.2, 0.25) is 0 Å². The second kappa shape index (κ2) is 7.77. The smallest absolute Gasteiger partial charge is 0.416 e. The zero-order valence-electron chi connectivity index (χ0n) is 13.7. The number of alkyl halides is 6. The Hall–Kier alpha value is -2.91. The number of ether oxygens (including phenoxy) is 1. The lowest BCUT2D eigenvalue weighted by Crippen LogP contribution is -2.11. The lowest BCUT2D eigenvalue weighted by molar-refractivity contribution is -0.143. The van der Waals surface area contributed by atoms with Crippen LogP contribution >= 0.6 is 0 Å². The van der Waals surface area contributed by atoms with Crippen LogP contribution in [0.3, 0.4) is 0 Å². The summed E-state index contributed by atoms with van der Waals surface area (Å²) in [6.45, 7) is 1.73. The molecule has 27 heavy (non-hydrogen) atoms. The van der Waals surface area contributed by atoms with Crippen LogP contribution in [-0.2, 0) is 21.9 Å². The van der Waals surface area contributed by atoms with Gasteiger partial charge < -0.3 is 4.74 Å². The van der Waals surface area contributed by atoms with Crippen molar-refractivity contribution in [2.75, 3.05) is 6.61 Å². The molecule has 0 aliphatic rings. The molecule has 1 aromatic carbocycles. The molecule has 0 saturated heterocycles. The van der Waals surface area contributed by atoms with E-state index in [1.807, 2.05) is 0 Å². The summed E-state index contributed by atoms with van der Waals surface area (Å²) in [6, 6.07) is 1.14. The van der Waals surface area contributed by atoms with Crippen LogP contribution in [0.1, 0.15) is 23.7 Å². The van der Waals surface area contributed by atoms with Gasteiger partial charge in [0.1, 0.15) is 0 Å². The molecule has 0 bridgehead atoms. The molecule has 0 aliphatic carbocycles. The number of esters is 1. The molecule has 0 fully saturated rings. The predicted octanol–water partition coefficient (Wildman–Crippen LogP) is 4.76. The quantitative estimate of drug-likeness (QED) is 0.429. The van der Waals surface area contributed by atoms with Crippen LogP contribution in [0, 0.1) is 0 Å². The van der Waals surface area contributed by atoms with Gasteiger partial charge in [-0.1, -0.05) is 0 Å². The average molecular weight is 390 g/mol. The van der Waals surface area contributed by atoms with Crippen molar-refractivity contribution in [2.24, 2.45) is 0 Å². The largest absolute Gasteiger partial charge is 0.463 e. The van der Waals surface area contributed by atoms with Crippen LogP contribution in [-0.4, -0.2) is 22.5 Å². The van der Waals surface area contributed by atoms with Crippen LogP contribution in [0.2, 0.25) is 0 Å². The fourth-order valence-corrected chi connectivity index (χ4v) is 2.05. The minimum atomic E-state index is -4.97. The topological polar surface area (TPSA) is 52.1 Å². The molecule has 1 heterocycles. The first-order valence-electron chi connectivity index (χ1n) is 7.47. The average Bonchev–Trinajstić information content (AvgIpc) is 2.58. The van der Waals surface area contributed by atoms with Crippen LogP contribution < -0.4 is 0 Å². The van der Waals surface area contributed by atoms with Gasteiger partial charge in [-0.05, 0) is 31.2 Å². The van der Waals surface area contributed by atoms with Gasteiger partial charge in [-0.25, -0.2) is 9.78 Å². The first-order valence-corrected chi connectivity index (χ1v) is 7.47. The number of carbonyl (C=O) groups is 1. The number of benzene rings is 1. The highest BCUT2D eigenvalue weighted by Crippen LogP contribution is 2.38. The Morgan fingerprint density at radius 1 is 1.04 bits per heavy atom. The summed E-state index contributed by atoms with van der Waals surface area (Å²) >= 11 is 0. The molecular formula is C17H12F6N2O2. The monoisotopic (exact) mass is 390 g/mol. The first kappa shape index (κ1) is 20.4. The van der Waals surface area contributed by atoms with Crippen molar-refractivity contribution in [3.63, 3.8) is 0 Å². The Balaban J connectivity index is 2.48. The van der Waals surface area contributed by atoms with Crippen molar-refractivity contribution in [2.45, 2.75) is 19.3 Å². The summed E-state index contributed by atoms with van der Waals surface area (Å²) in [5.74, 6) is -0.678. The minimum Gasteiger partial charge on any atom is -0.463 e. The standard InChI is InChI=1S/C17H12F6N2O2/c1-2-27-15(26)4-3-13-8-24-9-14(25-13)10-5-11(16(18,19)20)7-12(6-10)17(21,22)23/h3-9H,2H2,1H3/b4-3+. The third-order valence-corrected chi connectivity index (χ3v) is 3.21. The van der Waals surface area contributed by atoms with Crippen molar-refractivity contribution < 1.29 is 35.9 Å². The summed E-state index contributed by atoms with van der Waals surface area (Å²) in [5.41, 5.74) is -3.47. The van der Waals surface area contributed by atoms with E-state index in [-0.39, 0.29) is 24.1 Å². The third-order valence-electron chi connectivity index (χ3n) is 3.21. The number of carbonyl (C=O) groups excluding carboxylic acids is 1. The summed E-state index contributed by atoms with van der Waals surface area (Å²) in [5, 5.41) is 0. The van der Waals surface area contributed by atoms with Crippen molar-refractivity contribution in [3.8, 4) is 11.3 Å². The van der Waals surface area contributed by atoms with E-state index in [0.29, 0.717) is 12.1 Å². The molecule has 0 N–H and O–H groups in total. The molecular weight excluding hydrogens is 378 g/mol. The molecule has 2 aromatic rings. The molecule has 1 aromatic heterocycles. The molecule has 0 spiro atoms. The third kappa shape index (κ3) is 5.53. The van der Waals surface area contributed by atoms with E-state index in [4.69, 9.17) is 0 Å². The molecule has 0 atom stereocenters. The maximum Gasteiger partial charge on any atom is 0.416 e. The normalized spacial score (nSPS) is 12.4. The number of hydrogen-bond donors (Lipinski definition) is 0. The van der Waals surface area contributed by atoms with Gasteiger partial charge in [0.25, 0.3) is 0 Å². The molecule has 0 saturated carbocycles. The van der Waals surface area contributed by atoms with E-state index in [1.54, 1.807) is 6.92 Å². The first-order chi connectivity index (χ1) is 12.5. The van der Waals surface area contributed by atoms with Gasteiger partial charge in [-0.15, -0.1) is 0 Å². The van der Waals surface area contributed by atoms with Gasteiger partial charge in [-0.2, -0.15) is 26.3 Å². The van der Waals surface area contributed by atoms with Gasteiger partial charge >= 0.3 is 18.3 Å². The van der Waals surface area contributed by atoms with E-state index in [2.05, 4.69) is 14.7 Å². The summed E-state index contributed by atoms with van der Waals surface area (Å²) in [6.07, 6.45) is -5.51. The maximum atomic E-state index is 12.9. The number of halogens is 6. The summed E-state index contributed by atoms with van der Waals surface area (Å²) < 4.78 is 82.3. The number of nitrogens with zero attached hydrogens (tertiary/aromatic N) is 2. The Morgan fingerprint density at radius 3 is 2.15 bits per heavy atom. The van der Waals surface area contributed by atoms with Gasteiger partial charge in [-0.3, -0.25) is 4.98 Å². The molecule has 10 heteroatoms. The second-order valence-corrected chi connectivity index (χ2v) is 5.21. The van der Waals surface area contributed by atoms with Crippen LogP contribution in [0.5, 0.6) is 0 Å². The lowest BCUT2D eigenvalue weighted by atomic mass is 10.0. The van der Waals surface area contributed by atoms with Crippen molar-refractivity contribution in [1.82, 2.24) is 9.97 Å². The molecule has 2 rings (SSSR count). The highest BCUT2D eigenvalue weighted by Gasteiger charge is 2.37. The minimum absolute atomic E-state index is 0.0292. The highest BCUT2D eigenvalue weighted by atomic mass is 19.4. The van der Waals surface area contributed by atoms with Crippen LogP contribution in [0.25, 0.3) is 17.3 Å². The zero-order chi connectivity index (χ0) is 20.2. The number of hydrogen-bond acceptors (Lipinski definition) is 4. The van der Waals surface area contributed by atoms with E-state index in [9.17, 15) is 31.1 Å². The van der Waals surface area contributed by atoms with E-state index in [1.165, 1.54) is 12.3 Å². The van der Waals surface area contributed by atoms with Crippen LogP contribution in [0.4, 0.5) is 26.3 Å². The molecule has 0 aliphatic heterocycles. The highest BCUT2D eigenvalue weighted by molar-refractivity contribution is 5.86. The Morgan fingerprint density at radius 2 is 1.63 bits per heavy atom. The molecule has 144 valence electrons. The maximum absolute atomic E-state index is 12.9. The summed E-state index contributed by atoms with van der Waals surface area (Å²) in [7, 11) is 0. The molecule has 4 nitrogen and oxygen atoms in total. The van der Waals surface area contributed by atoms with E-state index < -0.39 is 35.0 Å². The fourth-order valence-electron chi connectivity index (χ4n) is 2.05. The van der Waals surface area contributed by atoms with Crippen LogP contribution in [0.15, 0.2) is 36.7 Å². The zero-order valence-corrected chi connectivity index (χ0v) is 13.7. The Labute approximate surface area is 149 Å². The lowest BCUT2D eigenvalue weighted by Gasteiger charge is -2.14. The second-order valence-electron chi connectivity index (χ2n) is 5.21. The number of rotatable bonds is 4. The Bertz CT molecular complexity index is 827. The van der Waals surface area contributed by atoms with E-state index in [0.717, 1.165) is 12.3 Å². The van der Waals surface area contributed by atoms with Crippen molar-refractivity contribution in [1.29, 1.82) is 0 Å². The van der Waals surface area contributed by atoms with Gasteiger partial charge in [0.15, 0.2) is 0 Å². The Kier molecular flexibility index (Phi) is 5.87. The molecule has 0 amide bonds. The number of aromatic nitrogens is 2. The van der Waals surface area contributed by atoms with Crippen molar-refractivity contribution in [3.05, 3.63) is 53.5 Å². The SMILES string of the molecule is CCOC(=O)/C=C/c1cncc(-c2cc(C(F)(F)F)cc(C(F)(F)F)c2)n1. The predicted molar refractivity (Wildman–Crippen MR) is 83.1 cm³/mol. The van der Waals surface area contributed by atoms with Gasteiger partial charge in [0, 0.05) is 11.6 Å². The van der Waals surface area contributed by atoms with Gasteiger partial charge in [0.05, 0.1) is 41.5 Å². The fraction of sp³-hybridized carbons (Fsp3) is 0.235.